The molecule has 0 aliphatic rings. The summed E-state index contributed by atoms with van der Waals surface area (Å²) in [7, 11) is 0. The third-order valence-electron chi connectivity index (χ3n) is 4.55. The van der Waals surface area contributed by atoms with Gasteiger partial charge in [-0.1, -0.05) is 47.1 Å². The lowest BCUT2D eigenvalue weighted by atomic mass is 10.2. The van der Waals surface area contributed by atoms with Crippen LogP contribution in [0.3, 0.4) is 0 Å². The second kappa shape index (κ2) is 11.0. The van der Waals surface area contributed by atoms with E-state index in [-0.39, 0.29) is 29.7 Å². The van der Waals surface area contributed by atoms with Crippen molar-refractivity contribution >= 4 is 63.2 Å². The average Bonchev–Trinajstić information content (AvgIpc) is 3.47. The molecule has 2 aromatic heterocycles. The molecule has 0 aliphatic heterocycles. The van der Waals surface area contributed by atoms with Crippen LogP contribution in [0.1, 0.15) is 21.7 Å². The van der Waals surface area contributed by atoms with Gasteiger partial charge in [0.25, 0.3) is 5.91 Å². The number of aromatic nitrogens is 4. The van der Waals surface area contributed by atoms with Gasteiger partial charge in [0.05, 0.1) is 22.9 Å². The minimum Gasteiger partial charge on any atom is -0.345 e. The molecule has 0 atom stereocenters. The van der Waals surface area contributed by atoms with Crippen molar-refractivity contribution < 1.29 is 9.59 Å². The van der Waals surface area contributed by atoms with E-state index in [9.17, 15) is 9.59 Å². The van der Waals surface area contributed by atoms with Crippen LogP contribution in [0.5, 0.6) is 0 Å². The number of halogens is 2. The molecule has 0 saturated carbocycles. The van der Waals surface area contributed by atoms with Gasteiger partial charge in [0.2, 0.25) is 5.91 Å². The van der Waals surface area contributed by atoms with Crippen LogP contribution in [-0.4, -0.2) is 37.3 Å². The molecule has 4 rings (SSSR count). The molecule has 174 valence electrons. The van der Waals surface area contributed by atoms with Gasteiger partial charge in [-0.2, -0.15) is 0 Å². The van der Waals surface area contributed by atoms with Gasteiger partial charge >= 0.3 is 0 Å². The van der Waals surface area contributed by atoms with E-state index in [1.165, 1.54) is 29.2 Å². The van der Waals surface area contributed by atoms with Crippen molar-refractivity contribution in [3.05, 3.63) is 81.0 Å². The van der Waals surface area contributed by atoms with Gasteiger partial charge < -0.3 is 10.6 Å². The molecule has 0 saturated heterocycles. The Morgan fingerprint density at radius 3 is 2.76 bits per heavy atom. The predicted molar refractivity (Wildman–Crippen MR) is 135 cm³/mol. The molecule has 0 bridgehead atoms. The molecule has 2 N–H and O–H groups in total. The minimum absolute atomic E-state index is 0.0918. The number of benzene rings is 2. The Labute approximate surface area is 213 Å². The first kappa shape index (κ1) is 24.2. The summed E-state index contributed by atoms with van der Waals surface area (Å²) >= 11 is 14.7. The number of carbonyl (C=O) groups excluding carboxylic acids is 2. The van der Waals surface area contributed by atoms with E-state index in [1.54, 1.807) is 23.7 Å². The number of hydrogen-bond acceptors (Lipinski definition) is 7. The first-order chi connectivity index (χ1) is 16.4. The second-order valence-electron chi connectivity index (χ2n) is 7.05. The maximum Gasteiger partial charge on any atom is 0.253 e. The third kappa shape index (κ3) is 5.95. The normalized spacial score (nSPS) is 10.8. The Hall–Kier alpha value is -2.92. The number of anilines is 1. The van der Waals surface area contributed by atoms with Crippen LogP contribution >= 0.6 is 46.3 Å². The zero-order valence-corrected chi connectivity index (χ0v) is 20.9. The molecule has 34 heavy (non-hydrogen) atoms. The topological polar surface area (TPSA) is 102 Å². The van der Waals surface area contributed by atoms with Gasteiger partial charge in [-0.05, 0) is 42.8 Å². The first-order valence-electron chi connectivity index (χ1n) is 9.97. The molecule has 2 heterocycles. The largest absolute Gasteiger partial charge is 0.345 e. The van der Waals surface area contributed by atoms with Crippen LogP contribution in [0.4, 0.5) is 5.13 Å². The molecule has 0 radical (unpaired) electrons. The molecule has 0 unspecified atom stereocenters. The maximum atomic E-state index is 12.7. The molecule has 2 aromatic carbocycles. The molecule has 4 aromatic rings. The summed E-state index contributed by atoms with van der Waals surface area (Å²) in [4.78, 5) is 29.1. The van der Waals surface area contributed by atoms with Crippen LogP contribution in [0, 0.1) is 6.92 Å². The van der Waals surface area contributed by atoms with E-state index < -0.39 is 0 Å². The second-order valence-corrected chi connectivity index (χ2v) is 9.73. The lowest BCUT2D eigenvalue weighted by Gasteiger charge is -2.12. The molecule has 0 aliphatic carbocycles. The number of carbonyl (C=O) groups is 2. The lowest BCUT2D eigenvalue weighted by Crippen LogP contribution is -2.25. The van der Waals surface area contributed by atoms with Gasteiger partial charge in [0, 0.05) is 22.3 Å². The number of nitrogens with one attached hydrogen (secondary N) is 2. The summed E-state index contributed by atoms with van der Waals surface area (Å²) in [6.45, 7) is 2.07. The smallest absolute Gasteiger partial charge is 0.253 e. The lowest BCUT2D eigenvalue weighted by molar-refractivity contribution is -0.113. The average molecular weight is 533 g/mol. The van der Waals surface area contributed by atoms with Crippen LogP contribution in [0.15, 0.2) is 59.2 Å². The fourth-order valence-electron chi connectivity index (χ4n) is 3.03. The number of hydrogen-bond donors (Lipinski definition) is 2. The van der Waals surface area contributed by atoms with Gasteiger partial charge in [-0.15, -0.1) is 21.5 Å². The Morgan fingerprint density at radius 2 is 2.00 bits per heavy atom. The monoisotopic (exact) mass is 532 g/mol. The Kier molecular flexibility index (Phi) is 7.84. The first-order valence-corrected chi connectivity index (χ1v) is 12.6. The summed E-state index contributed by atoms with van der Waals surface area (Å²) < 4.78 is 1.81. The van der Waals surface area contributed by atoms with Crippen molar-refractivity contribution in [1.29, 1.82) is 0 Å². The fourth-order valence-corrected chi connectivity index (χ4v) is 4.72. The van der Waals surface area contributed by atoms with E-state index in [0.29, 0.717) is 26.2 Å². The van der Waals surface area contributed by atoms with Crippen molar-refractivity contribution in [3.8, 4) is 5.69 Å². The highest BCUT2D eigenvalue weighted by atomic mass is 35.5. The number of rotatable bonds is 8. The van der Waals surface area contributed by atoms with Crippen molar-refractivity contribution in [2.75, 3.05) is 11.1 Å². The summed E-state index contributed by atoms with van der Waals surface area (Å²) in [5.41, 5.74) is 2.13. The highest BCUT2D eigenvalue weighted by Gasteiger charge is 2.18. The molecular weight excluding hydrogens is 515 g/mol. The molecule has 12 heteroatoms. The van der Waals surface area contributed by atoms with Crippen molar-refractivity contribution in [1.82, 2.24) is 25.1 Å². The van der Waals surface area contributed by atoms with E-state index in [0.717, 1.165) is 11.3 Å². The van der Waals surface area contributed by atoms with Gasteiger partial charge in [0.1, 0.15) is 0 Å². The quantitative estimate of drug-likeness (QED) is 0.309. The Morgan fingerprint density at radius 1 is 1.15 bits per heavy atom. The fraction of sp³-hybridized carbons (Fsp3) is 0.136. The van der Waals surface area contributed by atoms with Gasteiger partial charge in [-0.3, -0.25) is 14.2 Å². The SMILES string of the molecule is Cc1cccc(-n2c(CNC(=O)c3cc(Cl)ccc3Cl)nnc2SCC(=O)Nc2nccs2)c1. The zero-order valence-electron chi connectivity index (χ0n) is 17.8. The van der Waals surface area contributed by atoms with Crippen LogP contribution in [0.25, 0.3) is 5.69 Å². The molecule has 2 amide bonds. The number of amides is 2. The van der Waals surface area contributed by atoms with Gasteiger partial charge in [-0.25, -0.2) is 4.98 Å². The van der Waals surface area contributed by atoms with Gasteiger partial charge in [0.15, 0.2) is 16.1 Å². The predicted octanol–water partition coefficient (Wildman–Crippen LogP) is 5.00. The number of thioether (sulfide) groups is 1. The van der Waals surface area contributed by atoms with Crippen LogP contribution in [0.2, 0.25) is 10.0 Å². The van der Waals surface area contributed by atoms with Crippen LogP contribution in [-0.2, 0) is 11.3 Å². The standard InChI is InChI=1S/C22H18Cl2N6O2S2/c1-13-3-2-4-15(9-13)30-18(11-26-20(32)16-10-14(23)5-6-17(16)24)28-29-22(30)34-12-19(31)27-21-25-7-8-33-21/h2-10H,11-12H2,1H3,(H,26,32)(H,25,27,31). The van der Waals surface area contributed by atoms with E-state index in [1.807, 2.05) is 35.8 Å². The molecule has 8 nitrogen and oxygen atoms in total. The van der Waals surface area contributed by atoms with E-state index >= 15 is 0 Å². The minimum atomic E-state index is -0.386. The van der Waals surface area contributed by atoms with E-state index in [2.05, 4.69) is 25.8 Å². The summed E-state index contributed by atoms with van der Waals surface area (Å²) in [6, 6.07) is 12.5. The van der Waals surface area contributed by atoms with E-state index in [4.69, 9.17) is 23.2 Å². The van der Waals surface area contributed by atoms with Crippen molar-refractivity contribution in [3.63, 3.8) is 0 Å². The molecule has 0 fully saturated rings. The number of thiazole rings is 1. The summed E-state index contributed by atoms with van der Waals surface area (Å²) in [5.74, 6) is 0.0287. The third-order valence-corrected chi connectivity index (χ3v) is 6.73. The summed E-state index contributed by atoms with van der Waals surface area (Å²) in [6.07, 6.45) is 1.62. The number of aryl methyl sites for hydroxylation is 1. The Bertz CT molecular complexity index is 1330. The Balaban J connectivity index is 1.53. The van der Waals surface area contributed by atoms with Crippen molar-refractivity contribution in [2.24, 2.45) is 0 Å². The highest BCUT2D eigenvalue weighted by molar-refractivity contribution is 7.99. The zero-order chi connectivity index (χ0) is 24.1. The van der Waals surface area contributed by atoms with Crippen LogP contribution < -0.4 is 10.6 Å². The number of nitrogens with zero attached hydrogens (tertiary/aromatic N) is 4. The maximum absolute atomic E-state index is 12.7. The molecular formula is C22H18Cl2N6O2S2. The highest BCUT2D eigenvalue weighted by Crippen LogP contribution is 2.24. The summed E-state index contributed by atoms with van der Waals surface area (Å²) in [5, 5.41) is 17.6. The molecule has 0 spiro atoms. The van der Waals surface area contributed by atoms with Crippen molar-refractivity contribution in [2.45, 2.75) is 18.6 Å².